The van der Waals surface area contributed by atoms with Crippen LogP contribution in [0.5, 0.6) is 0 Å². The zero-order valence-electron chi connectivity index (χ0n) is 10.4. The third kappa shape index (κ3) is 2.58. The van der Waals surface area contributed by atoms with Crippen molar-refractivity contribution in [2.75, 3.05) is 6.61 Å². The first kappa shape index (κ1) is 11.9. The first-order chi connectivity index (χ1) is 8.22. The Balaban J connectivity index is 2.13. The molecule has 0 fully saturated rings. The molecule has 0 saturated carbocycles. The van der Waals surface area contributed by atoms with Gasteiger partial charge in [0.05, 0.1) is 0 Å². The number of H-pyrrole nitrogens is 1. The van der Waals surface area contributed by atoms with E-state index >= 15 is 0 Å². The van der Waals surface area contributed by atoms with E-state index in [2.05, 4.69) is 46.8 Å². The van der Waals surface area contributed by atoms with Gasteiger partial charge in [0.1, 0.15) is 0 Å². The van der Waals surface area contributed by atoms with Crippen molar-refractivity contribution in [3.8, 4) is 5.82 Å². The van der Waals surface area contributed by atoms with Gasteiger partial charge >= 0.3 is 0 Å². The number of nitrogens with zero attached hydrogens (tertiary/aromatic N) is 2. The number of hydrogen-bond acceptors (Lipinski definition) is 2. The molecule has 0 unspecified atom stereocenters. The van der Waals surface area contributed by atoms with Gasteiger partial charge in [-0.25, -0.2) is 0 Å². The smallest absolute Gasteiger partial charge is 0.159 e. The maximum Gasteiger partial charge on any atom is 0.159 e. The molecule has 0 amide bonds. The number of rotatable bonds is 5. The number of unbranched alkanes of at least 4 members (excludes halogenated alkanes) is 1. The molecule has 0 aliphatic carbocycles. The fourth-order valence-electron chi connectivity index (χ4n) is 2.05. The molecule has 0 radical (unpaired) electrons. The zero-order chi connectivity index (χ0) is 12.3. The van der Waals surface area contributed by atoms with Crippen LogP contribution in [0.1, 0.15) is 29.9 Å². The van der Waals surface area contributed by atoms with E-state index in [1.807, 2.05) is 0 Å². The summed E-state index contributed by atoms with van der Waals surface area (Å²) < 4.78 is 2.13. The Morgan fingerprint density at radius 3 is 2.59 bits per heavy atom. The molecule has 17 heavy (non-hydrogen) atoms. The van der Waals surface area contributed by atoms with E-state index in [9.17, 15) is 0 Å². The fraction of sp³-hybridized carbons (Fsp3) is 0.462. The van der Waals surface area contributed by atoms with E-state index in [4.69, 9.17) is 5.11 Å². The Morgan fingerprint density at radius 2 is 1.94 bits per heavy atom. The molecule has 4 heteroatoms. The lowest BCUT2D eigenvalue weighted by molar-refractivity contribution is 0.284. The van der Waals surface area contributed by atoms with Crippen LogP contribution in [0.15, 0.2) is 18.2 Å². The molecule has 0 atom stereocenters. The molecule has 2 heterocycles. The van der Waals surface area contributed by atoms with Crippen molar-refractivity contribution >= 4 is 0 Å². The summed E-state index contributed by atoms with van der Waals surface area (Å²) in [6.45, 7) is 4.41. The largest absolute Gasteiger partial charge is 0.396 e. The fourth-order valence-corrected chi connectivity index (χ4v) is 2.05. The molecule has 0 aromatic carbocycles. The maximum atomic E-state index is 8.74. The summed E-state index contributed by atoms with van der Waals surface area (Å²) in [4.78, 5) is 0. The van der Waals surface area contributed by atoms with Crippen molar-refractivity contribution in [1.82, 2.24) is 14.8 Å². The molecule has 2 aromatic heterocycles. The third-order valence-corrected chi connectivity index (χ3v) is 2.97. The molecular weight excluding hydrogens is 214 g/mol. The van der Waals surface area contributed by atoms with Gasteiger partial charge in [0.15, 0.2) is 5.82 Å². The minimum absolute atomic E-state index is 0.261. The molecule has 0 saturated heterocycles. The lowest BCUT2D eigenvalue weighted by atomic mass is 10.2. The van der Waals surface area contributed by atoms with E-state index in [0.29, 0.717) is 0 Å². The first-order valence-corrected chi connectivity index (χ1v) is 6.03. The average molecular weight is 233 g/mol. The Kier molecular flexibility index (Phi) is 3.64. The SMILES string of the molecule is Cc1ccc(C)n1-c1cc(CCCCO)[nH]n1. The Labute approximate surface area is 101 Å². The number of aliphatic hydroxyl groups is 1. The summed E-state index contributed by atoms with van der Waals surface area (Å²) in [5, 5.41) is 16.1. The average Bonchev–Trinajstić information content (AvgIpc) is 2.87. The van der Waals surface area contributed by atoms with Gasteiger partial charge in [-0.1, -0.05) is 0 Å². The Hall–Kier alpha value is -1.55. The van der Waals surface area contributed by atoms with Crippen LogP contribution in [0.4, 0.5) is 0 Å². The molecule has 2 rings (SSSR count). The van der Waals surface area contributed by atoms with Gasteiger partial charge in [-0.05, 0) is 45.2 Å². The summed E-state index contributed by atoms with van der Waals surface area (Å²) in [5.41, 5.74) is 3.51. The van der Waals surface area contributed by atoms with E-state index < -0.39 is 0 Å². The molecule has 92 valence electrons. The second-order valence-electron chi connectivity index (χ2n) is 4.38. The van der Waals surface area contributed by atoms with Crippen molar-refractivity contribution in [1.29, 1.82) is 0 Å². The Bertz CT molecular complexity index is 465. The van der Waals surface area contributed by atoms with Crippen molar-refractivity contribution in [2.24, 2.45) is 0 Å². The molecule has 0 spiro atoms. The predicted molar refractivity (Wildman–Crippen MR) is 67.4 cm³/mol. The highest BCUT2D eigenvalue weighted by atomic mass is 16.2. The van der Waals surface area contributed by atoms with Crippen molar-refractivity contribution in [2.45, 2.75) is 33.1 Å². The van der Waals surface area contributed by atoms with E-state index in [1.54, 1.807) is 0 Å². The highest BCUT2D eigenvalue weighted by Crippen LogP contribution is 2.15. The van der Waals surface area contributed by atoms with Gasteiger partial charge in [0.2, 0.25) is 0 Å². The second-order valence-corrected chi connectivity index (χ2v) is 4.38. The number of aryl methyl sites for hydroxylation is 3. The summed E-state index contributed by atoms with van der Waals surface area (Å²) in [7, 11) is 0. The topological polar surface area (TPSA) is 53.8 Å². The van der Waals surface area contributed by atoms with Crippen molar-refractivity contribution in [3.63, 3.8) is 0 Å². The molecular formula is C13H19N3O. The van der Waals surface area contributed by atoms with Crippen LogP contribution in [0.3, 0.4) is 0 Å². The minimum atomic E-state index is 0.261. The quantitative estimate of drug-likeness (QED) is 0.777. The van der Waals surface area contributed by atoms with Gasteiger partial charge in [0.25, 0.3) is 0 Å². The molecule has 0 aliphatic heterocycles. The molecule has 2 N–H and O–H groups in total. The van der Waals surface area contributed by atoms with Crippen LogP contribution >= 0.6 is 0 Å². The lowest BCUT2D eigenvalue weighted by Gasteiger charge is -2.03. The summed E-state index contributed by atoms with van der Waals surface area (Å²) in [6.07, 6.45) is 2.77. The minimum Gasteiger partial charge on any atom is -0.396 e. The van der Waals surface area contributed by atoms with Gasteiger partial charge in [0, 0.05) is 29.8 Å². The molecule has 0 bridgehead atoms. The predicted octanol–water partition coefficient (Wildman–Crippen LogP) is 2.13. The molecule has 4 nitrogen and oxygen atoms in total. The number of aromatic amines is 1. The third-order valence-electron chi connectivity index (χ3n) is 2.97. The molecule has 2 aromatic rings. The number of hydrogen-bond donors (Lipinski definition) is 2. The number of aromatic nitrogens is 3. The Morgan fingerprint density at radius 1 is 1.24 bits per heavy atom. The van der Waals surface area contributed by atoms with Crippen LogP contribution in [-0.4, -0.2) is 26.5 Å². The highest BCUT2D eigenvalue weighted by molar-refractivity contribution is 5.32. The van der Waals surface area contributed by atoms with Crippen LogP contribution < -0.4 is 0 Å². The second kappa shape index (κ2) is 5.19. The van der Waals surface area contributed by atoms with Gasteiger partial charge < -0.3 is 9.67 Å². The standard InChI is InChI=1S/C13H19N3O/c1-10-6-7-11(2)16(10)13-9-12(14-15-13)5-3-4-8-17/h6-7,9,17H,3-5,8H2,1-2H3,(H,14,15). The van der Waals surface area contributed by atoms with Gasteiger partial charge in [-0.15, -0.1) is 0 Å². The highest BCUT2D eigenvalue weighted by Gasteiger charge is 2.07. The lowest BCUT2D eigenvalue weighted by Crippen LogP contribution is -1.98. The van der Waals surface area contributed by atoms with Crippen molar-refractivity contribution < 1.29 is 5.11 Å². The number of nitrogens with one attached hydrogen (secondary N) is 1. The van der Waals surface area contributed by atoms with Crippen molar-refractivity contribution in [3.05, 3.63) is 35.3 Å². The van der Waals surface area contributed by atoms with Crippen LogP contribution in [-0.2, 0) is 6.42 Å². The van der Waals surface area contributed by atoms with Crippen LogP contribution in [0.25, 0.3) is 5.82 Å². The first-order valence-electron chi connectivity index (χ1n) is 6.03. The zero-order valence-corrected chi connectivity index (χ0v) is 10.4. The van der Waals surface area contributed by atoms with Gasteiger partial charge in [-0.2, -0.15) is 5.10 Å². The summed E-state index contributed by atoms with van der Waals surface area (Å²) in [5.74, 6) is 0.948. The normalized spacial score (nSPS) is 11.0. The van der Waals surface area contributed by atoms with E-state index in [0.717, 1.165) is 30.8 Å². The van der Waals surface area contributed by atoms with E-state index in [1.165, 1.54) is 11.4 Å². The van der Waals surface area contributed by atoms with Gasteiger partial charge in [-0.3, -0.25) is 5.10 Å². The van der Waals surface area contributed by atoms with Crippen LogP contribution in [0, 0.1) is 13.8 Å². The van der Waals surface area contributed by atoms with E-state index in [-0.39, 0.29) is 6.61 Å². The maximum absolute atomic E-state index is 8.74. The van der Waals surface area contributed by atoms with Crippen LogP contribution in [0.2, 0.25) is 0 Å². The summed E-state index contributed by atoms with van der Waals surface area (Å²) in [6, 6.07) is 6.27. The monoisotopic (exact) mass is 233 g/mol. The summed E-state index contributed by atoms with van der Waals surface area (Å²) >= 11 is 0. The molecule has 0 aliphatic rings. The number of aliphatic hydroxyl groups excluding tert-OH is 1.